The number of rotatable bonds is 5. The van der Waals surface area contributed by atoms with Gasteiger partial charge >= 0.3 is 6.18 Å². The lowest BCUT2D eigenvalue weighted by Crippen LogP contribution is -2.29. The third kappa shape index (κ3) is 5.29. The molecule has 156 valence electrons. The summed E-state index contributed by atoms with van der Waals surface area (Å²) < 4.78 is 65.6. The summed E-state index contributed by atoms with van der Waals surface area (Å²) in [6, 6.07) is 8.80. The maximum Gasteiger partial charge on any atom is 0.418 e. The number of halogens is 4. The molecule has 2 aromatic rings. The summed E-state index contributed by atoms with van der Waals surface area (Å²) in [7, 11) is -3.43. The van der Waals surface area contributed by atoms with E-state index in [0.29, 0.717) is 18.7 Å². The van der Waals surface area contributed by atoms with Crippen LogP contribution in [0, 0.1) is 0 Å². The number of sulfonamides is 1. The number of hydrogen-bond donors (Lipinski definition) is 1. The van der Waals surface area contributed by atoms with E-state index in [1.165, 1.54) is 34.6 Å². The number of nitrogens with zero attached hydrogens (tertiary/aromatic N) is 1. The summed E-state index contributed by atoms with van der Waals surface area (Å²) >= 11 is 5.63. The average Bonchev–Trinajstić information content (AvgIpc) is 3.18. The molecule has 1 fully saturated rings. The predicted octanol–water partition coefficient (Wildman–Crippen LogP) is 4.54. The van der Waals surface area contributed by atoms with Gasteiger partial charge in [-0.05, 0) is 48.7 Å². The molecule has 10 heteroatoms. The van der Waals surface area contributed by atoms with Crippen molar-refractivity contribution >= 4 is 33.2 Å². The molecule has 0 unspecified atom stereocenters. The average molecular weight is 447 g/mol. The normalized spacial score (nSPS) is 15.4. The third-order valence-electron chi connectivity index (χ3n) is 4.56. The Balaban J connectivity index is 1.73. The number of carbonyl (C=O) groups excluding carboxylic acids is 1. The molecule has 1 aliphatic rings. The molecule has 0 bridgehead atoms. The molecule has 0 atom stereocenters. The quantitative estimate of drug-likeness (QED) is 0.733. The molecule has 0 radical (unpaired) electrons. The van der Waals surface area contributed by atoms with Crippen LogP contribution in [-0.2, 0) is 22.0 Å². The summed E-state index contributed by atoms with van der Waals surface area (Å²) in [6.45, 7) is 1.01. The lowest BCUT2D eigenvalue weighted by Gasteiger charge is -2.16. The van der Waals surface area contributed by atoms with Gasteiger partial charge in [0.1, 0.15) is 0 Å². The van der Waals surface area contributed by atoms with E-state index in [9.17, 15) is 26.4 Å². The van der Waals surface area contributed by atoms with Crippen LogP contribution in [0.4, 0.5) is 18.9 Å². The summed E-state index contributed by atoms with van der Waals surface area (Å²) in [5, 5.41) is 2.13. The van der Waals surface area contributed by atoms with Gasteiger partial charge in [0.15, 0.2) is 0 Å². The highest BCUT2D eigenvalue weighted by Gasteiger charge is 2.34. The van der Waals surface area contributed by atoms with Gasteiger partial charge in [-0.2, -0.15) is 13.2 Å². The molecule has 1 amide bonds. The molecule has 5 nitrogen and oxygen atoms in total. The highest BCUT2D eigenvalue weighted by Crippen LogP contribution is 2.36. The number of benzene rings is 2. The van der Waals surface area contributed by atoms with Crippen LogP contribution in [0.1, 0.15) is 34.3 Å². The van der Waals surface area contributed by atoms with Gasteiger partial charge in [0.2, 0.25) is 10.0 Å². The number of amides is 1. The Morgan fingerprint density at radius 3 is 2.28 bits per heavy atom. The Morgan fingerprint density at radius 1 is 1.07 bits per heavy atom. The zero-order valence-corrected chi connectivity index (χ0v) is 16.7. The smallest absolute Gasteiger partial charge is 0.321 e. The maximum atomic E-state index is 13.1. The van der Waals surface area contributed by atoms with E-state index in [1.807, 2.05) is 0 Å². The van der Waals surface area contributed by atoms with Crippen molar-refractivity contribution in [1.82, 2.24) is 4.31 Å². The van der Waals surface area contributed by atoms with E-state index in [4.69, 9.17) is 11.6 Å². The highest BCUT2D eigenvalue weighted by atomic mass is 35.5. The molecule has 3 rings (SSSR count). The maximum absolute atomic E-state index is 13.1. The Morgan fingerprint density at radius 2 is 1.69 bits per heavy atom. The molecule has 1 N–H and O–H groups in total. The van der Waals surface area contributed by atoms with Crippen molar-refractivity contribution in [3.05, 3.63) is 64.2 Å². The van der Waals surface area contributed by atoms with Gasteiger partial charge in [-0.1, -0.05) is 23.7 Å². The van der Waals surface area contributed by atoms with Gasteiger partial charge in [-0.25, -0.2) is 12.7 Å². The van der Waals surface area contributed by atoms with E-state index >= 15 is 0 Å². The van der Waals surface area contributed by atoms with Crippen molar-refractivity contribution in [2.24, 2.45) is 0 Å². The largest absolute Gasteiger partial charge is 0.418 e. The Labute approximate surface area is 171 Å². The fraction of sp³-hybridized carbons (Fsp3) is 0.316. The molecule has 29 heavy (non-hydrogen) atoms. The molecule has 0 aromatic heterocycles. The van der Waals surface area contributed by atoms with Crippen molar-refractivity contribution in [2.45, 2.75) is 24.8 Å². The van der Waals surface area contributed by atoms with E-state index in [2.05, 4.69) is 5.32 Å². The summed E-state index contributed by atoms with van der Waals surface area (Å²) in [6.07, 6.45) is -3.01. The van der Waals surface area contributed by atoms with Crippen LogP contribution in [0.5, 0.6) is 0 Å². The molecule has 2 aromatic carbocycles. The van der Waals surface area contributed by atoms with Crippen molar-refractivity contribution in [2.75, 3.05) is 18.4 Å². The van der Waals surface area contributed by atoms with Gasteiger partial charge in [-0.3, -0.25) is 4.79 Å². The molecule has 1 heterocycles. The van der Waals surface area contributed by atoms with Gasteiger partial charge in [0.05, 0.1) is 17.0 Å². The molecule has 0 spiro atoms. The first-order valence-electron chi connectivity index (χ1n) is 8.81. The number of hydrogen-bond acceptors (Lipinski definition) is 3. The second kappa shape index (κ2) is 8.33. The van der Waals surface area contributed by atoms with Gasteiger partial charge < -0.3 is 5.32 Å². The van der Waals surface area contributed by atoms with Crippen molar-refractivity contribution in [3.8, 4) is 0 Å². The van der Waals surface area contributed by atoms with Crippen LogP contribution in [-0.4, -0.2) is 31.7 Å². The summed E-state index contributed by atoms with van der Waals surface area (Å²) in [5.74, 6) is -0.934. The number of alkyl halides is 3. The number of nitrogens with one attached hydrogen (secondary N) is 1. The molecular weight excluding hydrogens is 429 g/mol. The minimum atomic E-state index is -4.68. The molecule has 1 saturated heterocycles. The van der Waals surface area contributed by atoms with Gasteiger partial charge in [-0.15, -0.1) is 0 Å². The van der Waals surface area contributed by atoms with Crippen LogP contribution in [0.25, 0.3) is 0 Å². The van der Waals surface area contributed by atoms with Crippen molar-refractivity contribution in [1.29, 1.82) is 0 Å². The van der Waals surface area contributed by atoms with Crippen LogP contribution in [0.3, 0.4) is 0 Å². The van der Waals surface area contributed by atoms with E-state index < -0.39 is 33.4 Å². The van der Waals surface area contributed by atoms with Crippen molar-refractivity contribution < 1.29 is 26.4 Å². The first-order chi connectivity index (χ1) is 13.6. The fourth-order valence-corrected chi connectivity index (χ4v) is 4.86. The van der Waals surface area contributed by atoms with Gasteiger partial charge in [0.25, 0.3) is 5.91 Å². The standard InChI is InChI=1S/C19H18ClF3N2O3S/c20-15-7-8-17(16(11-15)19(21,22)23)24-18(26)14-5-3-13(4-6-14)12-29(27,28)25-9-1-2-10-25/h3-8,11H,1-2,9-10,12H2,(H,24,26). The molecular formula is C19H18ClF3N2O3S. The minimum Gasteiger partial charge on any atom is -0.321 e. The highest BCUT2D eigenvalue weighted by molar-refractivity contribution is 7.88. The van der Waals surface area contributed by atoms with E-state index in [-0.39, 0.29) is 16.3 Å². The van der Waals surface area contributed by atoms with Gasteiger partial charge in [0, 0.05) is 23.7 Å². The lowest BCUT2D eigenvalue weighted by atomic mass is 10.1. The topological polar surface area (TPSA) is 66.5 Å². The number of carbonyl (C=O) groups is 1. The zero-order valence-electron chi connectivity index (χ0n) is 15.2. The molecule has 0 aliphatic carbocycles. The summed E-state index contributed by atoms with van der Waals surface area (Å²) in [5.41, 5.74) is -0.856. The summed E-state index contributed by atoms with van der Waals surface area (Å²) in [4.78, 5) is 12.3. The Bertz CT molecular complexity index is 1000. The first kappa shape index (κ1) is 21.6. The lowest BCUT2D eigenvalue weighted by molar-refractivity contribution is -0.136. The Kier molecular flexibility index (Phi) is 6.21. The second-order valence-electron chi connectivity index (χ2n) is 6.70. The number of anilines is 1. The van der Waals surface area contributed by atoms with Crippen LogP contribution in [0.2, 0.25) is 5.02 Å². The first-order valence-corrected chi connectivity index (χ1v) is 10.8. The molecule has 1 aliphatic heterocycles. The van der Waals surface area contributed by atoms with E-state index in [0.717, 1.165) is 25.0 Å². The Hall–Kier alpha value is -2.10. The van der Waals surface area contributed by atoms with Crippen LogP contribution in [0.15, 0.2) is 42.5 Å². The fourth-order valence-electron chi connectivity index (χ4n) is 3.08. The third-order valence-corrected chi connectivity index (χ3v) is 6.64. The zero-order chi connectivity index (χ0) is 21.2. The predicted molar refractivity (Wildman–Crippen MR) is 104 cm³/mol. The minimum absolute atomic E-state index is 0.0983. The van der Waals surface area contributed by atoms with Crippen LogP contribution < -0.4 is 5.32 Å². The monoisotopic (exact) mass is 446 g/mol. The second-order valence-corrected chi connectivity index (χ2v) is 9.11. The van der Waals surface area contributed by atoms with Crippen molar-refractivity contribution in [3.63, 3.8) is 0 Å². The van der Waals surface area contributed by atoms with E-state index in [1.54, 1.807) is 0 Å². The molecule has 0 saturated carbocycles. The van der Waals surface area contributed by atoms with Crippen LogP contribution >= 0.6 is 11.6 Å². The SMILES string of the molecule is O=C(Nc1ccc(Cl)cc1C(F)(F)F)c1ccc(CS(=O)(=O)N2CCCC2)cc1.